The zero-order valence-electron chi connectivity index (χ0n) is 25.8. The Bertz CT molecular complexity index is 1830. The van der Waals surface area contributed by atoms with Crippen LogP contribution >= 0.6 is 23.2 Å². The van der Waals surface area contributed by atoms with Crippen LogP contribution in [0.2, 0.25) is 10.0 Å². The van der Waals surface area contributed by atoms with E-state index in [1.54, 1.807) is 24.3 Å². The molecule has 0 heterocycles. The normalized spacial score (nSPS) is 11.9. The fraction of sp³-hybridized carbons (Fsp3) is 0.235. The van der Waals surface area contributed by atoms with E-state index in [0.717, 1.165) is 15.9 Å². The maximum absolute atomic E-state index is 14.5. The third-order valence-electron chi connectivity index (χ3n) is 7.23. The van der Waals surface area contributed by atoms with Gasteiger partial charge in [-0.25, -0.2) is 8.42 Å². The van der Waals surface area contributed by atoms with Gasteiger partial charge < -0.3 is 10.2 Å². The predicted molar refractivity (Wildman–Crippen MR) is 183 cm³/mol. The molecule has 0 spiro atoms. The molecule has 4 rings (SSSR count). The summed E-state index contributed by atoms with van der Waals surface area (Å²) >= 11 is 12.5. The van der Waals surface area contributed by atoms with Gasteiger partial charge >= 0.3 is 0 Å². The van der Waals surface area contributed by atoms with Gasteiger partial charge in [-0.15, -0.1) is 0 Å². The van der Waals surface area contributed by atoms with Crippen LogP contribution in [0.15, 0.2) is 108 Å². The minimum Gasteiger partial charge on any atom is -0.354 e. The van der Waals surface area contributed by atoms with E-state index in [2.05, 4.69) is 5.32 Å². The van der Waals surface area contributed by atoms with Gasteiger partial charge in [0.25, 0.3) is 15.7 Å². The summed E-state index contributed by atoms with van der Waals surface area (Å²) < 4.78 is 28.9. The fourth-order valence-corrected chi connectivity index (χ4v) is 6.57. The number of rotatable bonds is 14. The molecular formula is C34H34Cl2N4O6S. The van der Waals surface area contributed by atoms with Crippen LogP contribution in [0.25, 0.3) is 0 Å². The molecule has 0 aromatic heterocycles. The van der Waals surface area contributed by atoms with Gasteiger partial charge in [0, 0.05) is 31.6 Å². The predicted octanol–water partition coefficient (Wildman–Crippen LogP) is 6.51. The number of anilines is 1. The van der Waals surface area contributed by atoms with Crippen LogP contribution in [0.5, 0.6) is 0 Å². The van der Waals surface area contributed by atoms with Crippen molar-refractivity contribution in [2.24, 2.45) is 5.92 Å². The number of carbonyl (C=O) groups excluding carboxylic acids is 2. The van der Waals surface area contributed by atoms with E-state index in [-0.39, 0.29) is 40.2 Å². The molecule has 2 amide bonds. The number of amides is 2. The molecule has 10 nitrogen and oxygen atoms in total. The molecule has 0 saturated carbocycles. The van der Waals surface area contributed by atoms with Gasteiger partial charge in [0.05, 0.1) is 25.6 Å². The van der Waals surface area contributed by atoms with E-state index >= 15 is 0 Å². The molecular weight excluding hydrogens is 663 g/mol. The largest absolute Gasteiger partial charge is 0.354 e. The quantitative estimate of drug-likeness (QED) is 0.118. The van der Waals surface area contributed by atoms with E-state index in [4.69, 9.17) is 23.2 Å². The van der Waals surface area contributed by atoms with Crippen molar-refractivity contribution >= 4 is 56.4 Å². The lowest BCUT2D eigenvalue weighted by Gasteiger charge is -2.34. The van der Waals surface area contributed by atoms with E-state index in [9.17, 15) is 28.1 Å². The third-order valence-corrected chi connectivity index (χ3v) is 9.76. The van der Waals surface area contributed by atoms with Crippen LogP contribution in [0.3, 0.4) is 0 Å². The minimum absolute atomic E-state index is 0.0882. The molecule has 0 fully saturated rings. The number of nitro groups is 1. The highest BCUT2D eigenvalue weighted by atomic mass is 35.5. The van der Waals surface area contributed by atoms with E-state index in [1.807, 2.05) is 44.2 Å². The molecule has 4 aromatic carbocycles. The van der Waals surface area contributed by atoms with Crippen molar-refractivity contribution < 1.29 is 22.9 Å². The van der Waals surface area contributed by atoms with E-state index in [1.165, 1.54) is 47.4 Å². The van der Waals surface area contributed by atoms with Crippen molar-refractivity contribution in [1.29, 1.82) is 0 Å². The Kier molecular flexibility index (Phi) is 12.0. The summed E-state index contributed by atoms with van der Waals surface area (Å²) in [5.74, 6) is -1.03. The summed E-state index contributed by atoms with van der Waals surface area (Å²) in [6.45, 7) is 3.35. The molecule has 0 aliphatic rings. The monoisotopic (exact) mass is 696 g/mol. The van der Waals surface area contributed by atoms with Crippen molar-refractivity contribution in [2.75, 3.05) is 17.4 Å². The molecule has 0 aliphatic carbocycles. The van der Waals surface area contributed by atoms with Crippen molar-refractivity contribution in [3.8, 4) is 0 Å². The summed E-state index contributed by atoms with van der Waals surface area (Å²) in [6.07, 6.45) is 0.125. The second-order valence-corrected chi connectivity index (χ2v) is 13.9. The number of carbonyl (C=O) groups is 2. The van der Waals surface area contributed by atoms with Crippen molar-refractivity contribution in [1.82, 2.24) is 10.2 Å². The van der Waals surface area contributed by atoms with Gasteiger partial charge in [0.15, 0.2) is 0 Å². The Morgan fingerprint density at radius 2 is 1.51 bits per heavy atom. The summed E-state index contributed by atoms with van der Waals surface area (Å²) in [6, 6.07) is 25.4. The first-order valence-corrected chi connectivity index (χ1v) is 16.9. The number of benzene rings is 4. The number of nitrogens with zero attached hydrogens (tertiary/aromatic N) is 3. The van der Waals surface area contributed by atoms with Crippen LogP contribution in [0.4, 0.5) is 11.4 Å². The third kappa shape index (κ3) is 9.31. The maximum atomic E-state index is 14.5. The van der Waals surface area contributed by atoms with Crippen LogP contribution in [-0.2, 0) is 32.6 Å². The average Bonchev–Trinajstić information content (AvgIpc) is 3.06. The molecule has 4 aromatic rings. The standard InChI is InChI=1S/C34H34Cl2N4O6S/c1-24(2)21-37-34(42)32(19-25-10-5-3-6-11-25)38(22-26-16-17-30(35)31(36)18-26)33(41)23-39(27-12-9-13-28(20-27)40(43)44)47(45,46)29-14-7-4-8-15-29/h3-18,20,24,32H,19,21-23H2,1-2H3,(H,37,42). The van der Waals surface area contributed by atoms with Gasteiger partial charge in [0.2, 0.25) is 11.8 Å². The van der Waals surface area contributed by atoms with Crippen molar-refractivity contribution in [3.05, 3.63) is 134 Å². The Labute approximate surface area is 284 Å². The lowest BCUT2D eigenvalue weighted by Crippen LogP contribution is -2.53. The Balaban J connectivity index is 1.83. The molecule has 0 saturated heterocycles. The second kappa shape index (κ2) is 15.9. The van der Waals surface area contributed by atoms with Crippen LogP contribution in [0.1, 0.15) is 25.0 Å². The van der Waals surface area contributed by atoms with Gasteiger partial charge in [-0.3, -0.25) is 24.0 Å². The number of hydrogen-bond donors (Lipinski definition) is 1. The molecule has 1 unspecified atom stereocenters. The summed E-state index contributed by atoms with van der Waals surface area (Å²) in [4.78, 5) is 40.5. The van der Waals surface area contributed by atoms with E-state index < -0.39 is 39.3 Å². The smallest absolute Gasteiger partial charge is 0.271 e. The zero-order chi connectivity index (χ0) is 34.1. The van der Waals surface area contributed by atoms with Crippen molar-refractivity contribution in [3.63, 3.8) is 0 Å². The lowest BCUT2D eigenvalue weighted by molar-refractivity contribution is -0.384. The lowest BCUT2D eigenvalue weighted by atomic mass is 10.0. The highest BCUT2D eigenvalue weighted by molar-refractivity contribution is 7.92. The number of nitro benzene ring substituents is 1. The van der Waals surface area contributed by atoms with E-state index in [0.29, 0.717) is 17.1 Å². The first kappa shape index (κ1) is 35.4. The summed E-state index contributed by atoms with van der Waals surface area (Å²) in [5.41, 5.74) is 0.882. The summed E-state index contributed by atoms with van der Waals surface area (Å²) in [7, 11) is -4.41. The number of halogens is 2. The number of non-ortho nitro benzene ring substituents is 1. The molecule has 0 bridgehead atoms. The van der Waals surface area contributed by atoms with Gasteiger partial charge in [-0.1, -0.05) is 97.7 Å². The Morgan fingerprint density at radius 3 is 2.13 bits per heavy atom. The molecule has 47 heavy (non-hydrogen) atoms. The van der Waals surface area contributed by atoms with Crippen LogP contribution in [0, 0.1) is 16.0 Å². The fourth-order valence-electron chi connectivity index (χ4n) is 4.82. The molecule has 246 valence electrons. The molecule has 13 heteroatoms. The van der Waals surface area contributed by atoms with Gasteiger partial charge in [-0.2, -0.15) is 0 Å². The first-order chi connectivity index (χ1) is 22.4. The molecule has 0 radical (unpaired) electrons. The number of hydrogen-bond acceptors (Lipinski definition) is 6. The SMILES string of the molecule is CC(C)CNC(=O)C(Cc1ccccc1)N(Cc1ccc(Cl)c(Cl)c1)C(=O)CN(c1cccc([N+](=O)[O-])c1)S(=O)(=O)c1ccccc1. The Morgan fingerprint density at radius 1 is 0.851 bits per heavy atom. The average molecular weight is 698 g/mol. The molecule has 1 N–H and O–H groups in total. The second-order valence-electron chi connectivity index (χ2n) is 11.2. The number of sulfonamides is 1. The number of nitrogens with one attached hydrogen (secondary N) is 1. The highest BCUT2D eigenvalue weighted by Crippen LogP contribution is 2.29. The molecule has 0 aliphatic heterocycles. The van der Waals surface area contributed by atoms with Gasteiger partial charge in [-0.05, 0) is 47.4 Å². The zero-order valence-corrected chi connectivity index (χ0v) is 28.1. The minimum atomic E-state index is -4.41. The summed E-state index contributed by atoms with van der Waals surface area (Å²) in [5, 5.41) is 15.1. The van der Waals surface area contributed by atoms with Crippen molar-refractivity contribution in [2.45, 2.75) is 37.8 Å². The highest BCUT2D eigenvalue weighted by Gasteiger charge is 2.35. The maximum Gasteiger partial charge on any atom is 0.271 e. The van der Waals surface area contributed by atoms with Gasteiger partial charge in [0.1, 0.15) is 12.6 Å². The molecule has 1 atom stereocenters. The van der Waals surface area contributed by atoms with Crippen LogP contribution in [-0.4, -0.2) is 49.2 Å². The Hall–Kier alpha value is -4.45. The first-order valence-electron chi connectivity index (χ1n) is 14.7. The van der Waals surface area contributed by atoms with Crippen LogP contribution < -0.4 is 9.62 Å². The topological polar surface area (TPSA) is 130 Å².